The number of benzene rings is 1. The zero-order chi connectivity index (χ0) is 18.1. The number of nitrogens with zero attached hydrogens (tertiary/aromatic N) is 1. The molecule has 0 bridgehead atoms. The minimum Gasteiger partial charge on any atom is -0.497 e. The Kier molecular flexibility index (Phi) is 4.58. The van der Waals surface area contributed by atoms with Crippen molar-refractivity contribution >= 4 is 43.3 Å². The number of rotatable bonds is 7. The maximum atomic E-state index is 12.2. The summed E-state index contributed by atoms with van der Waals surface area (Å²) in [5, 5.41) is 4.27. The van der Waals surface area contributed by atoms with Crippen molar-refractivity contribution in [3.8, 4) is 5.75 Å². The first-order valence-corrected chi connectivity index (χ1v) is 10.2. The van der Waals surface area contributed by atoms with Crippen molar-refractivity contribution in [2.75, 3.05) is 19.0 Å². The number of carbonyl (C=O) groups is 1. The normalized spacial score (nSPS) is 15.0. The van der Waals surface area contributed by atoms with E-state index >= 15 is 0 Å². The number of carbonyl (C=O) groups excluding carboxylic acids is 1. The number of hydrogen-bond donors (Lipinski definition) is 1. The van der Waals surface area contributed by atoms with E-state index in [0.29, 0.717) is 13.2 Å². The maximum Gasteiger partial charge on any atom is 0.317 e. The van der Waals surface area contributed by atoms with E-state index in [9.17, 15) is 4.79 Å². The predicted molar refractivity (Wildman–Crippen MR) is 105 cm³/mol. The molecule has 2 heterocycles. The second-order valence-electron chi connectivity index (χ2n) is 6.30. The van der Waals surface area contributed by atoms with Gasteiger partial charge in [0.1, 0.15) is 16.0 Å². The average Bonchev–Trinajstić information content (AvgIpc) is 3.24. The van der Waals surface area contributed by atoms with Crippen LogP contribution in [0, 0.1) is 0 Å². The van der Waals surface area contributed by atoms with Crippen molar-refractivity contribution in [1.82, 2.24) is 4.98 Å². The highest BCUT2D eigenvalue weighted by molar-refractivity contribution is 7.29. The molecule has 1 N–H and O–H groups in total. The number of fused-ring (bicyclic) bond motifs is 1. The fourth-order valence-corrected chi connectivity index (χ4v) is 5.26. The molecule has 0 unspecified atom stereocenters. The van der Waals surface area contributed by atoms with E-state index in [-0.39, 0.29) is 5.97 Å². The Bertz CT molecular complexity index is 895. The molecule has 4 rings (SSSR count). The maximum absolute atomic E-state index is 12.2. The number of methoxy groups -OCH3 is 1. The van der Waals surface area contributed by atoms with Crippen LogP contribution in [-0.2, 0) is 21.5 Å². The SMILES string of the molecule is CCOC(=O)C1(c2cc3sc(NCc4ccc(OC)cc4)nc3s2)CC1. The Morgan fingerprint density at radius 1 is 1.27 bits per heavy atom. The molecular formula is C19H20N2O3S2. The summed E-state index contributed by atoms with van der Waals surface area (Å²) in [6.45, 7) is 2.99. The van der Waals surface area contributed by atoms with E-state index in [1.807, 2.05) is 31.2 Å². The molecule has 0 atom stereocenters. The lowest BCUT2D eigenvalue weighted by atomic mass is 10.1. The zero-order valence-electron chi connectivity index (χ0n) is 14.7. The first-order chi connectivity index (χ1) is 12.6. The highest BCUT2D eigenvalue weighted by atomic mass is 32.1. The molecule has 1 aromatic carbocycles. The molecular weight excluding hydrogens is 368 g/mol. The molecule has 1 fully saturated rings. The number of anilines is 1. The standard InChI is InChI=1S/C19H20N2O3S2/c1-3-24-17(22)19(8-9-19)15-10-14-16(26-15)21-18(25-14)20-11-12-4-6-13(23-2)7-5-12/h4-7,10H,3,8-9,11H2,1-2H3,(H,20,21). The van der Waals surface area contributed by atoms with Crippen LogP contribution in [-0.4, -0.2) is 24.7 Å². The van der Waals surface area contributed by atoms with Gasteiger partial charge in [0.15, 0.2) is 5.13 Å². The quantitative estimate of drug-likeness (QED) is 0.601. The van der Waals surface area contributed by atoms with Crippen LogP contribution in [0.2, 0.25) is 0 Å². The molecule has 0 radical (unpaired) electrons. The number of esters is 1. The van der Waals surface area contributed by atoms with Gasteiger partial charge in [-0.05, 0) is 43.5 Å². The fraction of sp³-hybridized carbons (Fsp3) is 0.368. The lowest BCUT2D eigenvalue weighted by Crippen LogP contribution is -2.21. The van der Waals surface area contributed by atoms with Crippen LogP contribution in [0.25, 0.3) is 9.53 Å². The van der Waals surface area contributed by atoms with Crippen LogP contribution in [0.15, 0.2) is 30.3 Å². The lowest BCUT2D eigenvalue weighted by molar-refractivity contribution is -0.146. The number of ether oxygens (including phenoxy) is 2. The zero-order valence-corrected chi connectivity index (χ0v) is 16.3. The summed E-state index contributed by atoms with van der Waals surface area (Å²) in [5.74, 6) is 0.762. The van der Waals surface area contributed by atoms with Crippen molar-refractivity contribution in [3.63, 3.8) is 0 Å². The van der Waals surface area contributed by atoms with Crippen molar-refractivity contribution in [3.05, 3.63) is 40.8 Å². The number of aromatic nitrogens is 1. The third-order valence-electron chi connectivity index (χ3n) is 4.58. The molecule has 1 aliphatic carbocycles. The van der Waals surface area contributed by atoms with E-state index in [2.05, 4.69) is 16.4 Å². The Hall–Kier alpha value is -2.12. The molecule has 1 saturated carbocycles. The van der Waals surface area contributed by atoms with Crippen molar-refractivity contribution in [2.45, 2.75) is 31.7 Å². The molecule has 0 aliphatic heterocycles. The average molecular weight is 389 g/mol. The van der Waals surface area contributed by atoms with Crippen molar-refractivity contribution in [2.24, 2.45) is 0 Å². The van der Waals surface area contributed by atoms with Crippen LogP contribution in [0.4, 0.5) is 5.13 Å². The number of thiazole rings is 1. The summed E-state index contributed by atoms with van der Waals surface area (Å²) in [4.78, 5) is 19.0. The fourth-order valence-electron chi connectivity index (χ4n) is 2.91. The predicted octanol–water partition coefficient (Wildman–Crippen LogP) is 4.57. The van der Waals surface area contributed by atoms with Gasteiger partial charge < -0.3 is 14.8 Å². The highest BCUT2D eigenvalue weighted by Crippen LogP contribution is 2.53. The topological polar surface area (TPSA) is 60.5 Å². The monoisotopic (exact) mass is 388 g/mol. The smallest absolute Gasteiger partial charge is 0.317 e. The molecule has 3 aromatic rings. The number of thiophene rings is 1. The second-order valence-corrected chi connectivity index (χ2v) is 8.36. The van der Waals surface area contributed by atoms with Crippen LogP contribution in [0.3, 0.4) is 0 Å². The largest absolute Gasteiger partial charge is 0.497 e. The van der Waals surface area contributed by atoms with Gasteiger partial charge in [0.2, 0.25) is 0 Å². The van der Waals surface area contributed by atoms with Gasteiger partial charge in [-0.2, -0.15) is 0 Å². The van der Waals surface area contributed by atoms with Gasteiger partial charge in [-0.25, -0.2) is 4.98 Å². The van der Waals surface area contributed by atoms with Crippen molar-refractivity contribution in [1.29, 1.82) is 0 Å². The van der Waals surface area contributed by atoms with E-state index < -0.39 is 5.41 Å². The van der Waals surface area contributed by atoms with Gasteiger partial charge in [-0.15, -0.1) is 11.3 Å². The summed E-state index contributed by atoms with van der Waals surface area (Å²) in [6.07, 6.45) is 1.75. The van der Waals surface area contributed by atoms with Gasteiger partial charge in [0.05, 0.1) is 18.4 Å². The first kappa shape index (κ1) is 17.3. The molecule has 0 amide bonds. The van der Waals surface area contributed by atoms with Crippen LogP contribution < -0.4 is 10.1 Å². The second kappa shape index (κ2) is 6.89. The third kappa shape index (κ3) is 3.17. The van der Waals surface area contributed by atoms with Crippen LogP contribution in [0.1, 0.15) is 30.2 Å². The summed E-state index contributed by atoms with van der Waals surface area (Å²) < 4.78 is 11.6. The van der Waals surface area contributed by atoms with E-state index in [1.165, 1.54) is 5.56 Å². The Balaban J connectivity index is 1.45. The molecule has 2 aromatic heterocycles. The van der Waals surface area contributed by atoms with Gasteiger partial charge in [-0.1, -0.05) is 23.5 Å². The van der Waals surface area contributed by atoms with E-state index in [1.54, 1.807) is 29.8 Å². The van der Waals surface area contributed by atoms with Gasteiger partial charge in [-0.3, -0.25) is 4.79 Å². The number of nitrogens with one attached hydrogen (secondary N) is 1. The molecule has 0 saturated heterocycles. The molecule has 26 heavy (non-hydrogen) atoms. The van der Waals surface area contributed by atoms with Gasteiger partial charge >= 0.3 is 5.97 Å². The minimum atomic E-state index is -0.405. The van der Waals surface area contributed by atoms with Crippen LogP contribution >= 0.6 is 22.7 Å². The van der Waals surface area contributed by atoms with E-state index in [4.69, 9.17) is 9.47 Å². The molecule has 7 heteroatoms. The summed E-state index contributed by atoms with van der Waals surface area (Å²) in [6, 6.07) is 10.1. The Morgan fingerprint density at radius 3 is 2.65 bits per heavy atom. The third-order valence-corrected chi connectivity index (χ3v) is 6.90. The molecule has 0 spiro atoms. The molecule has 1 aliphatic rings. The van der Waals surface area contributed by atoms with Gasteiger partial charge in [0.25, 0.3) is 0 Å². The Labute approximate surface area is 160 Å². The summed E-state index contributed by atoms with van der Waals surface area (Å²) in [7, 11) is 1.66. The highest BCUT2D eigenvalue weighted by Gasteiger charge is 2.54. The van der Waals surface area contributed by atoms with Crippen molar-refractivity contribution < 1.29 is 14.3 Å². The molecule has 5 nitrogen and oxygen atoms in total. The van der Waals surface area contributed by atoms with Gasteiger partial charge in [0, 0.05) is 11.4 Å². The molecule has 136 valence electrons. The summed E-state index contributed by atoms with van der Waals surface area (Å²) >= 11 is 3.24. The summed E-state index contributed by atoms with van der Waals surface area (Å²) in [5.41, 5.74) is 0.766. The van der Waals surface area contributed by atoms with Crippen LogP contribution in [0.5, 0.6) is 5.75 Å². The van der Waals surface area contributed by atoms with E-state index in [0.717, 1.165) is 38.1 Å². The lowest BCUT2D eigenvalue weighted by Gasteiger charge is -2.11. The Morgan fingerprint density at radius 2 is 2.04 bits per heavy atom. The minimum absolute atomic E-state index is 0.0910. The first-order valence-electron chi connectivity index (χ1n) is 8.59. The number of hydrogen-bond acceptors (Lipinski definition) is 7.